The molecule has 1 N–H and O–H groups in total. The maximum Gasteiger partial charge on any atom is 0.0938 e. The van der Waals surface area contributed by atoms with Crippen LogP contribution in [-0.4, -0.2) is 19.8 Å². The predicted octanol–water partition coefficient (Wildman–Crippen LogP) is -0.403. The van der Waals surface area contributed by atoms with E-state index in [1.54, 1.807) is 0 Å². The van der Waals surface area contributed by atoms with Gasteiger partial charge in [-0.05, 0) is 6.58 Å². The molecule has 0 aromatic carbocycles. The summed E-state index contributed by atoms with van der Waals surface area (Å²) in [4.78, 5) is 1.16. The van der Waals surface area contributed by atoms with E-state index in [-0.39, 0.29) is 0 Å². The number of hydrogen-bond donors (Lipinski definition) is 1. The zero-order valence-electron chi connectivity index (χ0n) is 5.65. The smallest absolute Gasteiger partial charge is 0.0938 e. The summed E-state index contributed by atoms with van der Waals surface area (Å²) in [6.07, 6.45) is 0.957. The average molecular weight is 127 g/mol. The average Bonchev–Trinajstić information content (AvgIpc) is 1.99. The van der Waals surface area contributed by atoms with Crippen LogP contribution in [0.3, 0.4) is 0 Å². The highest BCUT2D eigenvalue weighted by atomic mass is 16.5. The van der Waals surface area contributed by atoms with E-state index in [1.807, 2.05) is 0 Å². The van der Waals surface area contributed by atoms with Gasteiger partial charge in [-0.15, -0.1) is 7.05 Å². The van der Waals surface area contributed by atoms with Crippen molar-refractivity contribution in [2.45, 2.75) is 6.42 Å². The molecule has 2 nitrogen and oxygen atoms in total. The lowest BCUT2D eigenvalue weighted by Crippen LogP contribution is -3.05. The monoisotopic (exact) mass is 127 g/mol. The third kappa shape index (κ3) is 1.80. The normalized spacial score (nSPS) is 29.9. The molecule has 1 unspecified atom stereocenters. The van der Waals surface area contributed by atoms with Gasteiger partial charge in [0, 0.05) is 6.42 Å². The minimum Gasteiger partial charge on any atom is -0.437 e. The van der Waals surface area contributed by atoms with E-state index >= 15 is 0 Å². The van der Waals surface area contributed by atoms with E-state index in [1.165, 1.54) is 0 Å². The Kier molecular flexibility index (Phi) is 2.25. The molecule has 0 aromatic heterocycles. The number of rotatable bonds is 0. The van der Waals surface area contributed by atoms with Crippen molar-refractivity contribution in [2.24, 2.45) is 0 Å². The van der Waals surface area contributed by atoms with E-state index in [4.69, 9.17) is 4.74 Å². The first-order chi connectivity index (χ1) is 4.30. The number of ether oxygens (including phenoxy) is 1. The molecule has 0 aliphatic carbocycles. The van der Waals surface area contributed by atoms with E-state index in [0.717, 1.165) is 36.8 Å². The molecule has 1 aliphatic rings. The molecule has 1 rings (SSSR count). The molecule has 1 aliphatic heterocycles. The molecule has 1 heterocycles. The summed E-state index contributed by atoms with van der Waals surface area (Å²) in [5, 5.41) is 0. The van der Waals surface area contributed by atoms with Crippen LogP contribution in [0.4, 0.5) is 0 Å². The maximum absolute atomic E-state index is 5.21. The standard InChI is InChI=1S/C7H13NO/c1-7-3-5-9-6-4-8(7)2/h8H,1-6H2. The van der Waals surface area contributed by atoms with Gasteiger partial charge in [0.15, 0.2) is 0 Å². The largest absolute Gasteiger partial charge is 0.437 e. The van der Waals surface area contributed by atoms with Gasteiger partial charge in [-0.1, -0.05) is 0 Å². The lowest BCUT2D eigenvalue weighted by Gasteiger charge is -2.17. The Labute approximate surface area is 56.1 Å². The fourth-order valence-corrected chi connectivity index (χ4v) is 0.846. The third-order valence-corrected chi connectivity index (χ3v) is 1.60. The van der Waals surface area contributed by atoms with Crippen LogP contribution in [0.1, 0.15) is 6.42 Å². The summed E-state index contributed by atoms with van der Waals surface area (Å²) in [6, 6.07) is 0. The van der Waals surface area contributed by atoms with Gasteiger partial charge < -0.3 is 9.64 Å². The molecule has 0 aromatic rings. The fraction of sp³-hybridized carbons (Fsp3) is 0.571. The second kappa shape index (κ2) is 2.99. The molecule has 1 atom stereocenters. The molecule has 1 saturated heterocycles. The van der Waals surface area contributed by atoms with E-state index in [9.17, 15) is 0 Å². The summed E-state index contributed by atoms with van der Waals surface area (Å²) in [7, 11) is 3.88. The van der Waals surface area contributed by atoms with Gasteiger partial charge in [-0.3, -0.25) is 0 Å². The summed E-state index contributed by atoms with van der Waals surface area (Å²) < 4.78 is 5.21. The fourth-order valence-electron chi connectivity index (χ4n) is 0.846. The van der Waals surface area contributed by atoms with Crippen molar-refractivity contribution in [1.29, 1.82) is 0 Å². The number of quaternary nitrogens is 1. The summed E-state index contributed by atoms with van der Waals surface area (Å²) in [5.41, 5.74) is 1.16. The SMILES string of the molecule is C=C1CCOCC[NH+]1[CH2-]. The minimum atomic E-state index is 0.817. The maximum atomic E-state index is 5.21. The van der Waals surface area contributed by atoms with Crippen LogP contribution in [0.2, 0.25) is 0 Å². The van der Waals surface area contributed by atoms with Crippen molar-refractivity contribution in [2.75, 3.05) is 19.8 Å². The van der Waals surface area contributed by atoms with E-state index < -0.39 is 0 Å². The Morgan fingerprint density at radius 3 is 3.11 bits per heavy atom. The van der Waals surface area contributed by atoms with Crippen molar-refractivity contribution in [3.05, 3.63) is 19.3 Å². The Morgan fingerprint density at radius 1 is 1.56 bits per heavy atom. The Bertz CT molecular complexity index is 111. The van der Waals surface area contributed by atoms with Crippen molar-refractivity contribution >= 4 is 0 Å². The van der Waals surface area contributed by atoms with Gasteiger partial charge in [0.05, 0.1) is 25.5 Å². The van der Waals surface area contributed by atoms with Crippen LogP contribution in [0.15, 0.2) is 12.3 Å². The molecule has 0 radical (unpaired) electrons. The highest BCUT2D eigenvalue weighted by Gasteiger charge is 2.06. The second-order valence-corrected chi connectivity index (χ2v) is 2.32. The van der Waals surface area contributed by atoms with Crippen LogP contribution in [0.25, 0.3) is 0 Å². The summed E-state index contributed by atoms with van der Waals surface area (Å²) >= 11 is 0. The lowest BCUT2D eigenvalue weighted by molar-refractivity contribution is -0.811. The van der Waals surface area contributed by atoms with E-state index in [2.05, 4.69) is 13.6 Å². The van der Waals surface area contributed by atoms with Gasteiger partial charge in [-0.2, -0.15) is 0 Å². The minimum absolute atomic E-state index is 0.817. The highest BCUT2D eigenvalue weighted by molar-refractivity contribution is 4.80. The summed E-state index contributed by atoms with van der Waals surface area (Å²) in [5.74, 6) is 0. The Morgan fingerprint density at radius 2 is 2.33 bits per heavy atom. The van der Waals surface area contributed by atoms with Crippen molar-refractivity contribution < 1.29 is 9.64 Å². The molecule has 52 valence electrons. The van der Waals surface area contributed by atoms with Crippen LogP contribution in [0, 0.1) is 7.05 Å². The predicted molar refractivity (Wildman–Crippen MR) is 35.8 cm³/mol. The van der Waals surface area contributed by atoms with Crippen LogP contribution >= 0.6 is 0 Å². The quantitative estimate of drug-likeness (QED) is 0.437. The van der Waals surface area contributed by atoms with Crippen molar-refractivity contribution in [1.82, 2.24) is 0 Å². The number of hydrogen-bond acceptors (Lipinski definition) is 1. The molecule has 0 amide bonds. The second-order valence-electron chi connectivity index (χ2n) is 2.32. The molecule has 2 heteroatoms. The molecular formula is C7H13NO. The molecule has 1 fully saturated rings. The third-order valence-electron chi connectivity index (χ3n) is 1.60. The molecule has 0 saturated carbocycles. The molecular weight excluding hydrogens is 114 g/mol. The Balaban J connectivity index is 2.41. The van der Waals surface area contributed by atoms with Gasteiger partial charge in [0.25, 0.3) is 0 Å². The zero-order chi connectivity index (χ0) is 6.69. The van der Waals surface area contributed by atoms with Crippen LogP contribution in [-0.2, 0) is 4.74 Å². The molecule has 0 spiro atoms. The Hall–Kier alpha value is -0.340. The van der Waals surface area contributed by atoms with Crippen LogP contribution in [0.5, 0.6) is 0 Å². The number of nitrogens with one attached hydrogen (secondary N) is 1. The first kappa shape index (κ1) is 6.78. The van der Waals surface area contributed by atoms with Crippen molar-refractivity contribution in [3.8, 4) is 0 Å². The van der Waals surface area contributed by atoms with Crippen molar-refractivity contribution in [3.63, 3.8) is 0 Å². The topological polar surface area (TPSA) is 13.7 Å². The molecule has 9 heavy (non-hydrogen) atoms. The molecule has 0 bridgehead atoms. The van der Waals surface area contributed by atoms with Gasteiger partial charge >= 0.3 is 0 Å². The zero-order valence-corrected chi connectivity index (χ0v) is 5.65. The summed E-state index contributed by atoms with van der Waals surface area (Å²) in [6.45, 7) is 6.47. The van der Waals surface area contributed by atoms with Gasteiger partial charge in [0.2, 0.25) is 0 Å². The first-order valence-corrected chi connectivity index (χ1v) is 3.24. The van der Waals surface area contributed by atoms with Gasteiger partial charge in [-0.25, -0.2) is 0 Å². The van der Waals surface area contributed by atoms with E-state index in [0.29, 0.717) is 0 Å². The highest BCUT2D eigenvalue weighted by Crippen LogP contribution is 1.91. The van der Waals surface area contributed by atoms with Crippen LogP contribution < -0.4 is 4.90 Å². The first-order valence-electron chi connectivity index (χ1n) is 3.24. The lowest BCUT2D eigenvalue weighted by atomic mass is 10.3. The van der Waals surface area contributed by atoms with Gasteiger partial charge in [0.1, 0.15) is 0 Å².